The first kappa shape index (κ1) is 14.2. The van der Waals surface area contributed by atoms with E-state index in [1.165, 1.54) is 5.56 Å². The zero-order valence-electron chi connectivity index (χ0n) is 10.3. The Hall–Kier alpha value is -0.870. The van der Waals surface area contributed by atoms with Gasteiger partial charge in [-0.15, -0.1) is 0 Å². The fourth-order valence-corrected chi connectivity index (χ4v) is 1.71. The molecule has 2 N–H and O–H groups in total. The van der Waals surface area contributed by atoms with Crippen LogP contribution in [0.3, 0.4) is 0 Å². The first-order valence-corrected chi connectivity index (χ1v) is 6.68. The fraction of sp³-hybridized carbons (Fsp3) is 0.462. The summed E-state index contributed by atoms with van der Waals surface area (Å²) in [6.07, 6.45) is 0.966. The first-order chi connectivity index (χ1) is 8.13. The summed E-state index contributed by atoms with van der Waals surface area (Å²) in [7, 11) is 0. The number of amides is 1. The van der Waals surface area contributed by atoms with Crippen molar-refractivity contribution in [1.82, 2.24) is 10.6 Å². The highest BCUT2D eigenvalue weighted by Crippen LogP contribution is 2.16. The Morgan fingerprint density at radius 3 is 2.59 bits per heavy atom. The predicted octanol–water partition coefficient (Wildman–Crippen LogP) is 2.63. The molecule has 0 aliphatic carbocycles. The molecule has 0 aliphatic heterocycles. The van der Waals surface area contributed by atoms with Gasteiger partial charge in [-0.3, -0.25) is 4.79 Å². The second kappa shape index (κ2) is 7.45. The Bertz CT molecular complexity index is 351. The smallest absolute Gasteiger partial charge is 0.233 e. The van der Waals surface area contributed by atoms with Gasteiger partial charge >= 0.3 is 0 Å². The summed E-state index contributed by atoms with van der Waals surface area (Å²) in [4.78, 5) is 11.4. The lowest BCUT2D eigenvalue weighted by Gasteiger charge is -2.14. The van der Waals surface area contributed by atoms with E-state index in [1.54, 1.807) is 0 Å². The summed E-state index contributed by atoms with van der Waals surface area (Å²) >= 11 is 3.40. The van der Waals surface area contributed by atoms with E-state index in [9.17, 15) is 4.79 Å². The molecule has 0 bridgehead atoms. The molecule has 0 radical (unpaired) electrons. The van der Waals surface area contributed by atoms with Crippen molar-refractivity contribution in [3.8, 4) is 0 Å². The van der Waals surface area contributed by atoms with Crippen LogP contribution < -0.4 is 10.6 Å². The Kier molecular flexibility index (Phi) is 6.22. The summed E-state index contributed by atoms with van der Waals surface area (Å²) in [6.45, 7) is 5.19. The highest BCUT2D eigenvalue weighted by atomic mass is 79.9. The molecule has 0 unspecified atom stereocenters. The molecule has 1 amide bonds. The molecule has 0 heterocycles. The summed E-state index contributed by atoms with van der Waals surface area (Å²) in [5.41, 5.74) is 1.18. The molecule has 0 spiro atoms. The first-order valence-electron chi connectivity index (χ1n) is 5.89. The molecule has 0 aliphatic rings. The molecule has 1 aromatic carbocycles. The fourth-order valence-electron chi connectivity index (χ4n) is 1.44. The van der Waals surface area contributed by atoms with Crippen LogP contribution in [0.15, 0.2) is 28.7 Å². The number of benzene rings is 1. The number of nitrogens with one attached hydrogen (secondary N) is 2. The quantitative estimate of drug-likeness (QED) is 0.848. The minimum absolute atomic E-state index is 0.0517. The van der Waals surface area contributed by atoms with Crippen LogP contribution in [0.4, 0.5) is 0 Å². The molecule has 4 heteroatoms. The van der Waals surface area contributed by atoms with Gasteiger partial charge in [-0.2, -0.15) is 0 Å². The van der Waals surface area contributed by atoms with Gasteiger partial charge in [0.15, 0.2) is 0 Å². The third-order valence-corrected chi connectivity index (χ3v) is 3.04. The van der Waals surface area contributed by atoms with Gasteiger partial charge in [0.1, 0.15) is 0 Å². The van der Waals surface area contributed by atoms with Crippen molar-refractivity contribution >= 4 is 21.8 Å². The van der Waals surface area contributed by atoms with Crippen molar-refractivity contribution in [2.45, 2.75) is 26.3 Å². The van der Waals surface area contributed by atoms with Crippen LogP contribution in [0.1, 0.15) is 31.9 Å². The molecule has 17 heavy (non-hydrogen) atoms. The van der Waals surface area contributed by atoms with E-state index in [1.807, 2.05) is 31.2 Å². The molecule has 94 valence electrons. The summed E-state index contributed by atoms with van der Waals surface area (Å²) in [5, 5.41) is 6.04. The second-order valence-corrected chi connectivity index (χ2v) is 4.92. The van der Waals surface area contributed by atoms with Crippen molar-refractivity contribution in [3.63, 3.8) is 0 Å². The van der Waals surface area contributed by atoms with Crippen molar-refractivity contribution in [1.29, 1.82) is 0 Å². The normalized spacial score (nSPS) is 12.2. The standard InChI is InChI=1S/C13H19BrN2O/c1-3-8-15-13(17)9-16-10(2)11-4-6-12(14)7-5-11/h4-7,10,16H,3,8-9H2,1-2H3,(H,15,17)/t10-/m1/s1. The van der Waals surface area contributed by atoms with Crippen molar-refractivity contribution in [2.75, 3.05) is 13.1 Å². The Morgan fingerprint density at radius 1 is 1.35 bits per heavy atom. The summed E-state index contributed by atoms with van der Waals surface area (Å²) < 4.78 is 1.06. The van der Waals surface area contributed by atoms with Gasteiger partial charge in [0, 0.05) is 17.1 Å². The van der Waals surface area contributed by atoms with Gasteiger partial charge in [0.05, 0.1) is 6.54 Å². The lowest BCUT2D eigenvalue weighted by Crippen LogP contribution is -2.35. The number of carbonyl (C=O) groups excluding carboxylic acids is 1. The van der Waals surface area contributed by atoms with Crippen LogP contribution in [0.25, 0.3) is 0 Å². The van der Waals surface area contributed by atoms with E-state index < -0.39 is 0 Å². The molecule has 1 rings (SSSR count). The third kappa shape index (κ3) is 5.33. The molecule has 0 fully saturated rings. The molecule has 0 saturated heterocycles. The van der Waals surface area contributed by atoms with Crippen LogP contribution in [-0.4, -0.2) is 19.0 Å². The maximum Gasteiger partial charge on any atom is 0.233 e. The van der Waals surface area contributed by atoms with Crippen LogP contribution >= 0.6 is 15.9 Å². The van der Waals surface area contributed by atoms with Gasteiger partial charge in [-0.25, -0.2) is 0 Å². The predicted molar refractivity (Wildman–Crippen MR) is 73.9 cm³/mol. The van der Waals surface area contributed by atoms with E-state index in [0.29, 0.717) is 6.54 Å². The molecular weight excluding hydrogens is 280 g/mol. The topological polar surface area (TPSA) is 41.1 Å². The van der Waals surface area contributed by atoms with Crippen molar-refractivity contribution in [2.24, 2.45) is 0 Å². The molecule has 3 nitrogen and oxygen atoms in total. The number of hydrogen-bond acceptors (Lipinski definition) is 2. The maximum atomic E-state index is 11.4. The Morgan fingerprint density at radius 2 is 2.00 bits per heavy atom. The van der Waals surface area contributed by atoms with Gasteiger partial charge in [0.2, 0.25) is 5.91 Å². The Labute approximate surface area is 111 Å². The average Bonchev–Trinajstić information content (AvgIpc) is 2.34. The summed E-state index contributed by atoms with van der Waals surface area (Å²) in [5.74, 6) is 0.0517. The molecule has 1 atom stereocenters. The SMILES string of the molecule is CCCNC(=O)CN[C@H](C)c1ccc(Br)cc1. The van der Waals surface area contributed by atoms with Crippen LogP contribution in [-0.2, 0) is 4.79 Å². The Balaban J connectivity index is 2.36. The second-order valence-electron chi connectivity index (χ2n) is 4.00. The molecule has 0 saturated carbocycles. The van der Waals surface area contributed by atoms with E-state index >= 15 is 0 Å². The third-order valence-electron chi connectivity index (χ3n) is 2.51. The van der Waals surface area contributed by atoms with Crippen LogP contribution in [0.5, 0.6) is 0 Å². The largest absolute Gasteiger partial charge is 0.355 e. The molecule has 0 aromatic heterocycles. The molecule has 1 aromatic rings. The van der Waals surface area contributed by atoms with Gasteiger partial charge in [0.25, 0.3) is 0 Å². The van der Waals surface area contributed by atoms with E-state index in [2.05, 4.69) is 33.5 Å². The molecular formula is C13H19BrN2O. The van der Waals surface area contributed by atoms with E-state index in [-0.39, 0.29) is 11.9 Å². The number of rotatable bonds is 6. The monoisotopic (exact) mass is 298 g/mol. The number of halogens is 1. The van der Waals surface area contributed by atoms with Crippen LogP contribution in [0, 0.1) is 0 Å². The highest BCUT2D eigenvalue weighted by Gasteiger charge is 2.06. The van der Waals surface area contributed by atoms with Gasteiger partial charge in [-0.1, -0.05) is 35.0 Å². The number of hydrogen-bond donors (Lipinski definition) is 2. The van der Waals surface area contributed by atoms with Crippen molar-refractivity contribution < 1.29 is 4.79 Å². The lowest BCUT2D eigenvalue weighted by molar-refractivity contribution is -0.120. The van der Waals surface area contributed by atoms with Crippen LogP contribution in [0.2, 0.25) is 0 Å². The van der Waals surface area contributed by atoms with Gasteiger partial charge in [-0.05, 0) is 31.0 Å². The van der Waals surface area contributed by atoms with Crippen molar-refractivity contribution in [3.05, 3.63) is 34.3 Å². The minimum Gasteiger partial charge on any atom is -0.355 e. The van der Waals surface area contributed by atoms with E-state index in [0.717, 1.165) is 17.4 Å². The zero-order chi connectivity index (χ0) is 12.7. The average molecular weight is 299 g/mol. The van der Waals surface area contributed by atoms with Gasteiger partial charge < -0.3 is 10.6 Å². The summed E-state index contributed by atoms with van der Waals surface area (Å²) in [6, 6.07) is 8.28. The highest BCUT2D eigenvalue weighted by molar-refractivity contribution is 9.10. The van der Waals surface area contributed by atoms with E-state index in [4.69, 9.17) is 0 Å². The lowest BCUT2D eigenvalue weighted by atomic mass is 10.1. The number of carbonyl (C=O) groups is 1. The maximum absolute atomic E-state index is 11.4. The minimum atomic E-state index is 0.0517. The zero-order valence-corrected chi connectivity index (χ0v) is 11.9.